The van der Waals surface area contributed by atoms with Crippen molar-refractivity contribution in [2.75, 3.05) is 36.4 Å². The smallest absolute Gasteiger partial charge is 0.289 e. The fraction of sp³-hybridized carbons (Fsp3) is 0.500. The molecule has 154 valence electrons. The molecule has 3 heterocycles. The zero-order chi connectivity index (χ0) is 20.1. The van der Waals surface area contributed by atoms with E-state index in [-0.39, 0.29) is 11.8 Å². The van der Waals surface area contributed by atoms with Gasteiger partial charge in [0.05, 0.1) is 18.1 Å². The van der Waals surface area contributed by atoms with Crippen LogP contribution in [0.1, 0.15) is 49.1 Å². The summed E-state index contributed by atoms with van der Waals surface area (Å²) < 4.78 is 5.20. The van der Waals surface area contributed by atoms with Gasteiger partial charge in [-0.05, 0) is 43.0 Å². The molecule has 29 heavy (non-hydrogen) atoms. The SMILES string of the molecule is O=C(CC1CCCCC1)Nc1ccc(N2CCN(C(=O)c3ccco3)CC2)nc1. The Labute approximate surface area is 171 Å². The van der Waals surface area contributed by atoms with Gasteiger partial charge in [-0.3, -0.25) is 9.59 Å². The first kappa shape index (κ1) is 19.5. The molecule has 0 atom stereocenters. The molecule has 2 amide bonds. The van der Waals surface area contributed by atoms with E-state index in [0.717, 1.165) is 11.5 Å². The molecule has 1 aliphatic heterocycles. The zero-order valence-electron chi connectivity index (χ0n) is 16.7. The van der Waals surface area contributed by atoms with Crippen molar-refractivity contribution in [2.24, 2.45) is 5.92 Å². The standard InChI is InChI=1S/C22H28N4O3/c27-21(15-17-5-2-1-3-6-17)24-18-8-9-20(23-16-18)25-10-12-26(13-11-25)22(28)19-7-4-14-29-19/h4,7-9,14,16-17H,1-3,5-6,10-13,15H2,(H,24,27). The highest BCUT2D eigenvalue weighted by Gasteiger charge is 2.24. The molecule has 7 heteroatoms. The molecular weight excluding hydrogens is 368 g/mol. The van der Waals surface area contributed by atoms with Gasteiger partial charge < -0.3 is 19.5 Å². The third-order valence-corrected chi connectivity index (χ3v) is 5.85. The third kappa shape index (κ3) is 4.96. The molecule has 0 radical (unpaired) electrons. The molecule has 0 unspecified atom stereocenters. The molecule has 1 saturated carbocycles. The molecule has 1 aliphatic carbocycles. The maximum absolute atomic E-state index is 12.4. The number of anilines is 2. The maximum Gasteiger partial charge on any atom is 0.289 e. The van der Waals surface area contributed by atoms with E-state index in [4.69, 9.17) is 4.42 Å². The molecule has 1 N–H and O–H groups in total. The van der Waals surface area contributed by atoms with Crippen LogP contribution in [0.3, 0.4) is 0 Å². The topological polar surface area (TPSA) is 78.7 Å². The average Bonchev–Trinajstić information content (AvgIpc) is 3.29. The van der Waals surface area contributed by atoms with Crippen molar-refractivity contribution in [3.8, 4) is 0 Å². The highest BCUT2D eigenvalue weighted by atomic mass is 16.3. The zero-order valence-corrected chi connectivity index (χ0v) is 16.7. The monoisotopic (exact) mass is 396 g/mol. The van der Waals surface area contributed by atoms with Gasteiger partial charge in [0, 0.05) is 32.6 Å². The lowest BCUT2D eigenvalue weighted by molar-refractivity contribution is -0.117. The van der Waals surface area contributed by atoms with Gasteiger partial charge in [-0.15, -0.1) is 0 Å². The number of carbonyl (C=O) groups is 2. The summed E-state index contributed by atoms with van der Waals surface area (Å²) in [6.45, 7) is 2.68. The van der Waals surface area contributed by atoms with Crippen molar-refractivity contribution in [2.45, 2.75) is 38.5 Å². The number of hydrogen-bond acceptors (Lipinski definition) is 5. The second-order valence-corrected chi connectivity index (χ2v) is 7.92. The predicted octanol–water partition coefficient (Wildman–Crippen LogP) is 3.55. The normalized spacial score (nSPS) is 17.9. The minimum Gasteiger partial charge on any atom is -0.459 e. The number of pyridine rings is 1. The molecule has 0 aromatic carbocycles. The molecule has 2 aromatic heterocycles. The number of furan rings is 1. The van der Waals surface area contributed by atoms with Crippen LogP contribution in [0, 0.1) is 5.92 Å². The minimum atomic E-state index is -0.0707. The minimum absolute atomic E-state index is 0.0707. The number of hydrogen-bond donors (Lipinski definition) is 1. The lowest BCUT2D eigenvalue weighted by atomic mass is 9.87. The van der Waals surface area contributed by atoms with E-state index in [2.05, 4.69) is 15.2 Å². The van der Waals surface area contributed by atoms with Gasteiger partial charge in [0.2, 0.25) is 5.91 Å². The van der Waals surface area contributed by atoms with Crippen LogP contribution in [0.2, 0.25) is 0 Å². The fourth-order valence-corrected chi connectivity index (χ4v) is 4.21. The number of nitrogens with zero attached hydrogens (tertiary/aromatic N) is 3. The number of rotatable bonds is 5. The Morgan fingerprint density at radius 3 is 2.52 bits per heavy atom. The fourth-order valence-electron chi connectivity index (χ4n) is 4.21. The first-order valence-corrected chi connectivity index (χ1v) is 10.5. The number of aromatic nitrogens is 1. The average molecular weight is 396 g/mol. The van der Waals surface area contributed by atoms with Crippen molar-refractivity contribution in [3.05, 3.63) is 42.5 Å². The third-order valence-electron chi connectivity index (χ3n) is 5.85. The highest BCUT2D eigenvalue weighted by Crippen LogP contribution is 2.26. The van der Waals surface area contributed by atoms with Crippen LogP contribution < -0.4 is 10.2 Å². The molecule has 7 nitrogen and oxygen atoms in total. The van der Waals surface area contributed by atoms with Gasteiger partial charge in [0.1, 0.15) is 5.82 Å². The Morgan fingerprint density at radius 1 is 1.07 bits per heavy atom. The van der Waals surface area contributed by atoms with E-state index in [9.17, 15) is 9.59 Å². The summed E-state index contributed by atoms with van der Waals surface area (Å²) in [6.07, 6.45) is 9.96. The number of amides is 2. The first-order chi connectivity index (χ1) is 14.2. The van der Waals surface area contributed by atoms with Crippen LogP contribution in [0.25, 0.3) is 0 Å². The highest BCUT2D eigenvalue weighted by molar-refractivity contribution is 5.92. The van der Waals surface area contributed by atoms with Gasteiger partial charge in [0.15, 0.2) is 5.76 Å². The van der Waals surface area contributed by atoms with Gasteiger partial charge >= 0.3 is 0 Å². The molecule has 4 rings (SSSR count). The molecule has 0 spiro atoms. The van der Waals surface area contributed by atoms with Gasteiger partial charge in [0.25, 0.3) is 5.91 Å². The van der Waals surface area contributed by atoms with Crippen LogP contribution in [-0.2, 0) is 4.79 Å². The summed E-state index contributed by atoms with van der Waals surface area (Å²) >= 11 is 0. The Balaban J connectivity index is 1.26. The summed E-state index contributed by atoms with van der Waals surface area (Å²) in [7, 11) is 0. The Kier molecular flexibility index (Phi) is 6.12. The van der Waals surface area contributed by atoms with Crippen molar-refractivity contribution in [3.63, 3.8) is 0 Å². The van der Waals surface area contributed by atoms with E-state index in [1.807, 2.05) is 12.1 Å². The molecule has 2 aliphatic rings. The van der Waals surface area contributed by atoms with Gasteiger partial charge in [-0.25, -0.2) is 4.98 Å². The van der Waals surface area contributed by atoms with E-state index in [1.54, 1.807) is 23.2 Å². The maximum atomic E-state index is 12.4. The molecule has 0 bridgehead atoms. The summed E-state index contributed by atoms with van der Waals surface area (Å²) in [5.41, 5.74) is 0.737. The quantitative estimate of drug-likeness (QED) is 0.836. The van der Waals surface area contributed by atoms with Crippen LogP contribution in [-0.4, -0.2) is 47.9 Å². The Morgan fingerprint density at radius 2 is 1.86 bits per heavy atom. The predicted molar refractivity (Wildman–Crippen MR) is 111 cm³/mol. The van der Waals surface area contributed by atoms with Crippen molar-refractivity contribution in [1.82, 2.24) is 9.88 Å². The number of carbonyl (C=O) groups excluding carboxylic acids is 2. The Bertz CT molecular complexity index is 805. The van der Waals surface area contributed by atoms with Crippen LogP contribution >= 0.6 is 0 Å². The number of nitrogens with one attached hydrogen (secondary N) is 1. The molecular formula is C22H28N4O3. The summed E-state index contributed by atoms with van der Waals surface area (Å²) in [4.78, 5) is 33.1. The van der Waals surface area contributed by atoms with Crippen molar-refractivity contribution < 1.29 is 14.0 Å². The summed E-state index contributed by atoms with van der Waals surface area (Å²) in [6, 6.07) is 7.25. The van der Waals surface area contributed by atoms with Crippen molar-refractivity contribution >= 4 is 23.3 Å². The molecule has 2 fully saturated rings. The van der Waals surface area contributed by atoms with E-state index in [0.29, 0.717) is 44.3 Å². The largest absolute Gasteiger partial charge is 0.459 e. The van der Waals surface area contributed by atoms with E-state index < -0.39 is 0 Å². The van der Waals surface area contributed by atoms with E-state index in [1.165, 1.54) is 38.4 Å². The summed E-state index contributed by atoms with van der Waals surface area (Å²) in [5, 5.41) is 2.97. The van der Waals surface area contributed by atoms with Crippen LogP contribution in [0.15, 0.2) is 41.1 Å². The summed E-state index contributed by atoms with van der Waals surface area (Å²) in [5.74, 6) is 1.77. The van der Waals surface area contributed by atoms with Crippen LogP contribution in [0.5, 0.6) is 0 Å². The van der Waals surface area contributed by atoms with Gasteiger partial charge in [-0.2, -0.15) is 0 Å². The van der Waals surface area contributed by atoms with Crippen molar-refractivity contribution in [1.29, 1.82) is 0 Å². The Hall–Kier alpha value is -2.83. The second kappa shape index (κ2) is 9.11. The number of piperazine rings is 1. The van der Waals surface area contributed by atoms with Crippen LogP contribution in [0.4, 0.5) is 11.5 Å². The van der Waals surface area contributed by atoms with E-state index >= 15 is 0 Å². The first-order valence-electron chi connectivity index (χ1n) is 10.5. The second-order valence-electron chi connectivity index (χ2n) is 7.92. The van der Waals surface area contributed by atoms with Gasteiger partial charge in [-0.1, -0.05) is 19.3 Å². The molecule has 1 saturated heterocycles. The molecule has 2 aromatic rings. The lowest BCUT2D eigenvalue weighted by Crippen LogP contribution is -2.49. The lowest BCUT2D eigenvalue weighted by Gasteiger charge is -2.35.